The topological polar surface area (TPSA) is 94.8 Å². The Morgan fingerprint density at radius 2 is 2.00 bits per heavy atom. The standard InChI is InChI=1S/C27H33ClO5S/c1-27(2)25(32)18(9-5-3-4-6-12-23(30)31)19(26(27)33)15-13-17(29)14-16-22-24(28)20-10-7-8-11-21(20)34-22/h3,5,7-8,10-11,13,15,17-19,26,29,33H,4,6,9,12,14,16H2,1-2H3,(H,30,31)/b5-3-,15-13+/t17-,18+,19+,26-/m0/s1. The van der Waals surface area contributed by atoms with Gasteiger partial charge in [0.05, 0.1) is 22.6 Å². The van der Waals surface area contributed by atoms with E-state index < -0.39 is 23.6 Å². The van der Waals surface area contributed by atoms with Crippen molar-refractivity contribution in [2.24, 2.45) is 17.3 Å². The molecule has 0 saturated heterocycles. The van der Waals surface area contributed by atoms with Gasteiger partial charge in [-0.1, -0.05) is 68.0 Å². The third-order valence-corrected chi connectivity index (χ3v) is 8.46. The molecule has 1 heterocycles. The highest BCUT2D eigenvalue weighted by Crippen LogP contribution is 2.45. The Hall–Kier alpha value is -1.99. The van der Waals surface area contributed by atoms with E-state index in [1.807, 2.05) is 36.4 Å². The third-order valence-electron chi connectivity index (χ3n) is 6.68. The van der Waals surface area contributed by atoms with Crippen molar-refractivity contribution < 1.29 is 24.9 Å². The minimum absolute atomic E-state index is 0.0105. The number of fused-ring (bicyclic) bond motifs is 1. The van der Waals surface area contributed by atoms with Crippen molar-refractivity contribution in [3.05, 3.63) is 58.5 Å². The van der Waals surface area contributed by atoms with Crippen molar-refractivity contribution in [1.29, 1.82) is 0 Å². The highest BCUT2D eigenvalue weighted by molar-refractivity contribution is 7.19. The second-order valence-corrected chi connectivity index (χ2v) is 11.0. The molecule has 0 unspecified atom stereocenters. The molecule has 1 aliphatic rings. The first-order valence-corrected chi connectivity index (χ1v) is 12.9. The van der Waals surface area contributed by atoms with Gasteiger partial charge in [0.2, 0.25) is 0 Å². The van der Waals surface area contributed by atoms with Crippen molar-refractivity contribution in [3.63, 3.8) is 0 Å². The number of thiophene rings is 1. The summed E-state index contributed by atoms with van der Waals surface area (Å²) in [4.78, 5) is 24.6. The number of allylic oxidation sites excluding steroid dienone is 2. The van der Waals surface area contributed by atoms with Crippen LogP contribution in [0.25, 0.3) is 10.1 Å². The molecule has 0 bridgehead atoms. The van der Waals surface area contributed by atoms with Gasteiger partial charge in [-0.2, -0.15) is 0 Å². The first-order valence-electron chi connectivity index (χ1n) is 11.7. The number of hydrogen-bond donors (Lipinski definition) is 3. The van der Waals surface area contributed by atoms with Gasteiger partial charge in [0.15, 0.2) is 0 Å². The van der Waals surface area contributed by atoms with Crippen LogP contribution in [-0.4, -0.2) is 39.3 Å². The molecule has 34 heavy (non-hydrogen) atoms. The molecule has 4 atom stereocenters. The smallest absolute Gasteiger partial charge is 0.303 e. The minimum Gasteiger partial charge on any atom is -0.481 e. The van der Waals surface area contributed by atoms with Gasteiger partial charge >= 0.3 is 5.97 Å². The Labute approximate surface area is 209 Å². The number of carbonyl (C=O) groups excluding carboxylic acids is 1. The van der Waals surface area contributed by atoms with Gasteiger partial charge in [-0.15, -0.1) is 11.3 Å². The average molecular weight is 505 g/mol. The Morgan fingerprint density at radius 3 is 2.71 bits per heavy atom. The number of carbonyl (C=O) groups is 2. The summed E-state index contributed by atoms with van der Waals surface area (Å²) in [5, 5.41) is 31.9. The maximum Gasteiger partial charge on any atom is 0.303 e. The zero-order chi connectivity index (χ0) is 24.9. The van der Waals surface area contributed by atoms with E-state index in [1.165, 1.54) is 0 Å². The van der Waals surface area contributed by atoms with Crippen LogP contribution in [0.4, 0.5) is 0 Å². The van der Waals surface area contributed by atoms with Gasteiger partial charge in [0.1, 0.15) is 5.78 Å². The van der Waals surface area contributed by atoms with Crippen LogP contribution in [0.15, 0.2) is 48.6 Å². The number of Topliss-reactive ketones (excluding diaryl/α,β-unsaturated/α-hetero) is 1. The fourth-order valence-corrected chi connectivity index (χ4v) is 6.13. The molecule has 0 amide bonds. The lowest BCUT2D eigenvalue weighted by Gasteiger charge is -2.22. The predicted octanol–water partition coefficient (Wildman–Crippen LogP) is 5.81. The summed E-state index contributed by atoms with van der Waals surface area (Å²) in [6, 6.07) is 7.97. The monoisotopic (exact) mass is 504 g/mol. The van der Waals surface area contributed by atoms with Crippen molar-refractivity contribution in [3.8, 4) is 0 Å². The summed E-state index contributed by atoms with van der Waals surface area (Å²) >= 11 is 8.14. The number of unbranched alkanes of at least 4 members (excludes halogenated alkanes) is 1. The molecule has 1 aliphatic carbocycles. The quantitative estimate of drug-likeness (QED) is 0.265. The SMILES string of the molecule is CC1(C)C(=O)[C@H](C/C=C\CCCC(=O)O)[C@@H](/C=C/[C@H](O)CCc2sc3ccccc3c2Cl)[C@@H]1O. The molecule has 7 heteroatoms. The van der Waals surface area contributed by atoms with Gasteiger partial charge in [0, 0.05) is 33.2 Å². The van der Waals surface area contributed by atoms with Crippen molar-refractivity contribution in [2.75, 3.05) is 0 Å². The van der Waals surface area contributed by atoms with Crippen LogP contribution in [0.3, 0.4) is 0 Å². The molecule has 5 nitrogen and oxygen atoms in total. The number of carboxylic acid groups (broad SMARTS) is 1. The fraction of sp³-hybridized carbons (Fsp3) is 0.481. The molecule has 3 rings (SSSR count). The largest absolute Gasteiger partial charge is 0.481 e. The number of benzene rings is 1. The summed E-state index contributed by atoms with van der Waals surface area (Å²) < 4.78 is 1.13. The number of aryl methyl sites for hydroxylation is 1. The van der Waals surface area contributed by atoms with Crippen molar-refractivity contribution in [1.82, 2.24) is 0 Å². The van der Waals surface area contributed by atoms with Gasteiger partial charge in [-0.05, 0) is 38.2 Å². The number of aliphatic hydroxyl groups is 2. The number of halogens is 1. The molecule has 0 radical (unpaired) electrons. The second kappa shape index (κ2) is 11.6. The molecule has 0 spiro atoms. The lowest BCUT2D eigenvalue weighted by atomic mass is 9.86. The average Bonchev–Trinajstić information content (AvgIpc) is 3.20. The normalized spacial score (nSPS) is 23.4. The van der Waals surface area contributed by atoms with E-state index in [4.69, 9.17) is 16.7 Å². The number of aliphatic hydroxyl groups excluding tert-OH is 2. The van der Waals surface area contributed by atoms with Crippen molar-refractivity contribution >= 4 is 44.8 Å². The summed E-state index contributed by atoms with van der Waals surface area (Å²) in [5.74, 6) is -1.56. The Bertz CT molecular complexity index is 1070. The van der Waals surface area contributed by atoms with Gasteiger partial charge in [-0.25, -0.2) is 0 Å². The number of rotatable bonds is 11. The lowest BCUT2D eigenvalue weighted by Crippen LogP contribution is -2.31. The molecule has 1 aromatic carbocycles. The maximum absolute atomic E-state index is 13.0. The molecule has 184 valence electrons. The zero-order valence-electron chi connectivity index (χ0n) is 19.6. The fourth-order valence-electron chi connectivity index (χ4n) is 4.59. The third kappa shape index (κ3) is 6.16. The van der Waals surface area contributed by atoms with E-state index in [1.54, 1.807) is 37.3 Å². The van der Waals surface area contributed by atoms with Crippen LogP contribution in [-0.2, 0) is 16.0 Å². The molecule has 1 saturated carbocycles. The first kappa shape index (κ1) is 26.6. The molecular weight excluding hydrogens is 472 g/mol. The number of hydrogen-bond acceptors (Lipinski definition) is 5. The van der Waals surface area contributed by atoms with Crippen LogP contribution < -0.4 is 0 Å². The molecule has 3 N–H and O–H groups in total. The molecular formula is C27H33ClO5S. The van der Waals surface area contributed by atoms with Crippen LogP contribution in [0.2, 0.25) is 5.02 Å². The van der Waals surface area contributed by atoms with Crippen LogP contribution in [0.5, 0.6) is 0 Å². The van der Waals surface area contributed by atoms with E-state index >= 15 is 0 Å². The summed E-state index contributed by atoms with van der Waals surface area (Å²) in [5.41, 5.74) is -0.855. The number of aliphatic carboxylic acids is 1. The summed E-state index contributed by atoms with van der Waals surface area (Å²) in [6.07, 6.45) is 8.68. The minimum atomic E-state index is -0.855. The number of carboxylic acids is 1. The van der Waals surface area contributed by atoms with Gasteiger partial charge in [0.25, 0.3) is 0 Å². The van der Waals surface area contributed by atoms with Crippen molar-refractivity contribution in [2.45, 2.75) is 64.6 Å². The summed E-state index contributed by atoms with van der Waals surface area (Å²) in [7, 11) is 0. The Balaban J connectivity index is 1.61. The predicted molar refractivity (Wildman–Crippen MR) is 137 cm³/mol. The summed E-state index contributed by atoms with van der Waals surface area (Å²) in [6.45, 7) is 3.52. The van der Waals surface area contributed by atoms with Crippen LogP contribution in [0, 0.1) is 17.3 Å². The van der Waals surface area contributed by atoms with E-state index in [0.717, 1.165) is 20.0 Å². The zero-order valence-corrected chi connectivity index (χ0v) is 21.2. The second-order valence-electron chi connectivity index (χ2n) is 9.53. The molecule has 2 aromatic rings. The van der Waals surface area contributed by atoms with Gasteiger partial charge < -0.3 is 15.3 Å². The first-order chi connectivity index (χ1) is 16.1. The van der Waals surface area contributed by atoms with E-state index in [0.29, 0.717) is 32.1 Å². The molecule has 1 fully saturated rings. The molecule has 1 aromatic heterocycles. The highest BCUT2D eigenvalue weighted by Gasteiger charge is 2.52. The van der Waals surface area contributed by atoms with E-state index in [-0.39, 0.29) is 24.0 Å². The van der Waals surface area contributed by atoms with Crippen LogP contribution in [0.1, 0.15) is 50.8 Å². The number of ketones is 1. The van der Waals surface area contributed by atoms with E-state index in [2.05, 4.69) is 0 Å². The maximum atomic E-state index is 13.0. The highest BCUT2D eigenvalue weighted by atomic mass is 35.5. The molecule has 0 aliphatic heterocycles. The Morgan fingerprint density at radius 1 is 1.26 bits per heavy atom. The lowest BCUT2D eigenvalue weighted by molar-refractivity contribution is -0.137. The van der Waals surface area contributed by atoms with Crippen LogP contribution >= 0.6 is 22.9 Å². The van der Waals surface area contributed by atoms with Gasteiger partial charge in [-0.3, -0.25) is 9.59 Å². The Kier molecular flexibility index (Phi) is 9.10. The van der Waals surface area contributed by atoms with E-state index in [9.17, 15) is 19.8 Å².